The van der Waals surface area contributed by atoms with Crippen molar-refractivity contribution >= 4 is 50.6 Å². The Bertz CT molecular complexity index is 1060. The lowest BCUT2D eigenvalue weighted by Crippen LogP contribution is -2.42. The topological polar surface area (TPSA) is 55.2 Å². The molecule has 1 amide bonds. The lowest BCUT2D eigenvalue weighted by Gasteiger charge is -2.32. The zero-order valence-electron chi connectivity index (χ0n) is 16.9. The van der Waals surface area contributed by atoms with E-state index in [1.807, 2.05) is 41.6 Å². The fourth-order valence-electron chi connectivity index (χ4n) is 3.68. The van der Waals surface area contributed by atoms with Crippen LogP contribution in [0.4, 0.5) is 0 Å². The monoisotopic (exact) mass is 447 g/mol. The first-order valence-electron chi connectivity index (χ1n) is 10.0. The maximum absolute atomic E-state index is 13.3. The molecule has 0 aromatic carbocycles. The third-order valence-electron chi connectivity index (χ3n) is 5.49. The molecule has 1 saturated heterocycles. The molecule has 4 heterocycles. The molecule has 1 aliphatic heterocycles. The number of thiophene rings is 2. The van der Waals surface area contributed by atoms with E-state index in [1.54, 1.807) is 15.9 Å². The fourth-order valence-corrected chi connectivity index (χ4v) is 6.54. The molecule has 5 nitrogen and oxygen atoms in total. The summed E-state index contributed by atoms with van der Waals surface area (Å²) in [5, 5.41) is 5.09. The van der Waals surface area contributed by atoms with Crippen molar-refractivity contribution in [1.82, 2.24) is 14.5 Å². The molecule has 29 heavy (non-hydrogen) atoms. The predicted molar refractivity (Wildman–Crippen MR) is 123 cm³/mol. The minimum atomic E-state index is -0.262. The van der Waals surface area contributed by atoms with Crippen molar-refractivity contribution in [2.75, 3.05) is 13.1 Å². The Morgan fingerprint density at radius 3 is 2.76 bits per heavy atom. The van der Waals surface area contributed by atoms with E-state index in [4.69, 9.17) is 4.98 Å². The van der Waals surface area contributed by atoms with Crippen LogP contribution in [0, 0.1) is 5.92 Å². The summed E-state index contributed by atoms with van der Waals surface area (Å²) in [5.74, 6) is 0.831. The van der Waals surface area contributed by atoms with Crippen LogP contribution in [0.2, 0.25) is 0 Å². The van der Waals surface area contributed by atoms with Gasteiger partial charge in [0.1, 0.15) is 4.83 Å². The number of aromatic nitrogens is 2. The fraction of sp³-hybridized carbons (Fsp3) is 0.476. The van der Waals surface area contributed by atoms with Gasteiger partial charge in [-0.2, -0.15) is 0 Å². The third-order valence-corrected chi connectivity index (χ3v) is 8.34. The Kier molecular flexibility index (Phi) is 6.13. The van der Waals surface area contributed by atoms with Gasteiger partial charge in [0.25, 0.3) is 5.56 Å². The Labute approximate surface area is 182 Å². The van der Waals surface area contributed by atoms with E-state index in [0.717, 1.165) is 41.2 Å². The van der Waals surface area contributed by atoms with Crippen molar-refractivity contribution < 1.29 is 4.79 Å². The van der Waals surface area contributed by atoms with Gasteiger partial charge in [0, 0.05) is 35.5 Å². The highest BCUT2D eigenvalue weighted by molar-refractivity contribution is 8.00. The van der Waals surface area contributed by atoms with E-state index in [2.05, 4.69) is 6.92 Å². The maximum Gasteiger partial charge on any atom is 0.263 e. The number of rotatable bonds is 5. The largest absolute Gasteiger partial charge is 0.342 e. The summed E-state index contributed by atoms with van der Waals surface area (Å²) in [6, 6.07) is 4.03. The Hall–Kier alpha value is -1.64. The molecule has 1 atom stereocenters. The van der Waals surface area contributed by atoms with Crippen molar-refractivity contribution in [2.24, 2.45) is 5.92 Å². The molecule has 8 heteroatoms. The zero-order valence-corrected chi connectivity index (χ0v) is 19.3. The molecule has 1 fully saturated rings. The van der Waals surface area contributed by atoms with E-state index < -0.39 is 0 Å². The van der Waals surface area contributed by atoms with E-state index in [1.165, 1.54) is 23.1 Å². The molecule has 4 rings (SSSR count). The third kappa shape index (κ3) is 4.02. The molecule has 0 radical (unpaired) electrons. The van der Waals surface area contributed by atoms with E-state index >= 15 is 0 Å². The van der Waals surface area contributed by atoms with Crippen LogP contribution in [-0.2, 0) is 11.3 Å². The standard InChI is InChI=1S/C21H25N3O2S3/c1-4-24-20(26)17-15(16-6-5-11-27-16)12-28-18(17)22-21(24)29-14(3)19(25)23-9-7-13(2)8-10-23/h5-6,11-14H,4,7-10H2,1-3H3. The summed E-state index contributed by atoms with van der Waals surface area (Å²) >= 11 is 4.53. The second kappa shape index (κ2) is 8.62. The summed E-state index contributed by atoms with van der Waals surface area (Å²) in [6.45, 7) is 8.30. The number of fused-ring (bicyclic) bond motifs is 1. The molecule has 3 aromatic rings. The average Bonchev–Trinajstić information content (AvgIpc) is 3.38. The highest BCUT2D eigenvalue weighted by Gasteiger charge is 2.27. The van der Waals surface area contributed by atoms with E-state index in [9.17, 15) is 9.59 Å². The van der Waals surface area contributed by atoms with Crippen molar-refractivity contribution in [1.29, 1.82) is 0 Å². The van der Waals surface area contributed by atoms with Gasteiger partial charge in [0.05, 0.1) is 10.6 Å². The summed E-state index contributed by atoms with van der Waals surface area (Å²) in [4.78, 5) is 34.8. The van der Waals surface area contributed by atoms with Gasteiger partial charge < -0.3 is 4.90 Å². The number of hydrogen-bond acceptors (Lipinski definition) is 6. The van der Waals surface area contributed by atoms with Crippen LogP contribution in [-0.4, -0.2) is 38.7 Å². The summed E-state index contributed by atoms with van der Waals surface area (Å²) in [6.07, 6.45) is 2.13. The lowest BCUT2D eigenvalue weighted by molar-refractivity contribution is -0.131. The number of hydrogen-bond donors (Lipinski definition) is 0. The van der Waals surface area contributed by atoms with Crippen LogP contribution < -0.4 is 5.56 Å². The molecule has 154 valence electrons. The van der Waals surface area contributed by atoms with E-state index in [0.29, 0.717) is 23.0 Å². The lowest BCUT2D eigenvalue weighted by atomic mass is 9.99. The van der Waals surface area contributed by atoms with Crippen LogP contribution in [0.15, 0.2) is 32.8 Å². The first-order valence-corrected chi connectivity index (χ1v) is 12.6. The van der Waals surface area contributed by atoms with Crippen molar-refractivity contribution in [3.8, 4) is 10.4 Å². The number of carbonyl (C=O) groups is 1. The molecular formula is C21H25N3O2S3. The number of piperidine rings is 1. The number of thioether (sulfide) groups is 1. The summed E-state index contributed by atoms with van der Waals surface area (Å²) in [7, 11) is 0. The molecular weight excluding hydrogens is 422 g/mol. The number of amides is 1. The van der Waals surface area contributed by atoms with Crippen LogP contribution in [0.1, 0.15) is 33.6 Å². The quantitative estimate of drug-likeness (QED) is 0.410. The van der Waals surface area contributed by atoms with Gasteiger partial charge in [-0.15, -0.1) is 22.7 Å². The van der Waals surface area contributed by atoms with Crippen molar-refractivity contribution in [3.63, 3.8) is 0 Å². The molecule has 0 N–H and O–H groups in total. The van der Waals surface area contributed by atoms with Gasteiger partial charge in [-0.05, 0) is 44.1 Å². The smallest absolute Gasteiger partial charge is 0.263 e. The molecule has 0 bridgehead atoms. The number of likely N-dealkylation sites (tertiary alicyclic amines) is 1. The first-order chi connectivity index (χ1) is 14.0. The van der Waals surface area contributed by atoms with Crippen LogP contribution in [0.5, 0.6) is 0 Å². The van der Waals surface area contributed by atoms with Gasteiger partial charge in [0.15, 0.2) is 5.16 Å². The molecule has 1 aliphatic rings. The van der Waals surface area contributed by atoms with Gasteiger partial charge >= 0.3 is 0 Å². The highest BCUT2D eigenvalue weighted by Crippen LogP contribution is 2.35. The Balaban J connectivity index is 1.64. The second-order valence-corrected chi connectivity index (χ2v) is 10.6. The zero-order chi connectivity index (χ0) is 20.5. The second-order valence-electron chi connectivity index (χ2n) is 7.52. The van der Waals surface area contributed by atoms with Crippen LogP contribution in [0.3, 0.4) is 0 Å². The molecule has 0 spiro atoms. The van der Waals surface area contributed by atoms with Gasteiger partial charge in [-0.3, -0.25) is 14.2 Å². The van der Waals surface area contributed by atoms with E-state index in [-0.39, 0.29) is 16.7 Å². The molecule has 0 saturated carbocycles. The number of carbonyl (C=O) groups excluding carboxylic acids is 1. The Morgan fingerprint density at radius 2 is 2.10 bits per heavy atom. The highest BCUT2D eigenvalue weighted by atomic mass is 32.2. The van der Waals surface area contributed by atoms with Crippen molar-refractivity contribution in [3.05, 3.63) is 33.2 Å². The maximum atomic E-state index is 13.3. The van der Waals surface area contributed by atoms with Crippen molar-refractivity contribution in [2.45, 2.75) is 50.6 Å². The molecule has 1 unspecified atom stereocenters. The predicted octanol–water partition coefficient (Wildman–Crippen LogP) is 4.95. The van der Waals surface area contributed by atoms with Gasteiger partial charge in [-0.1, -0.05) is 24.8 Å². The van der Waals surface area contributed by atoms with Gasteiger partial charge in [0.2, 0.25) is 5.91 Å². The molecule has 0 aliphatic carbocycles. The van der Waals surface area contributed by atoms with Gasteiger partial charge in [-0.25, -0.2) is 4.98 Å². The van der Waals surface area contributed by atoms with Crippen LogP contribution in [0.25, 0.3) is 20.7 Å². The average molecular weight is 448 g/mol. The minimum Gasteiger partial charge on any atom is -0.342 e. The minimum absolute atomic E-state index is 0.0175. The first kappa shape index (κ1) is 20.6. The number of nitrogens with zero attached hydrogens (tertiary/aromatic N) is 3. The SMILES string of the molecule is CCn1c(SC(C)C(=O)N2CCC(C)CC2)nc2scc(-c3cccs3)c2c1=O. The normalized spacial score (nSPS) is 16.4. The Morgan fingerprint density at radius 1 is 1.34 bits per heavy atom. The van der Waals surface area contributed by atoms with Crippen LogP contribution >= 0.6 is 34.4 Å². The molecule has 3 aromatic heterocycles. The summed E-state index contributed by atoms with van der Waals surface area (Å²) < 4.78 is 1.71. The summed E-state index contributed by atoms with van der Waals surface area (Å²) in [5.41, 5.74) is 0.943.